The summed E-state index contributed by atoms with van der Waals surface area (Å²) in [4.78, 5) is 0. The van der Waals surface area contributed by atoms with Crippen LogP contribution < -0.4 is 0 Å². The first-order valence-electron chi connectivity index (χ1n) is 3.96. The maximum atomic E-state index is 12.1. The van der Waals surface area contributed by atoms with E-state index < -0.39 is 12.8 Å². The first-order valence-corrected chi connectivity index (χ1v) is 3.96. The van der Waals surface area contributed by atoms with E-state index in [-0.39, 0.29) is 0 Å². The molecule has 0 aliphatic heterocycles. The van der Waals surface area contributed by atoms with Crippen LogP contribution in [0.1, 0.15) is 22.8 Å². The van der Waals surface area contributed by atoms with E-state index in [4.69, 9.17) is 0 Å². The van der Waals surface area contributed by atoms with Gasteiger partial charge in [-0.25, -0.2) is 4.39 Å². The van der Waals surface area contributed by atoms with Crippen molar-refractivity contribution in [1.82, 2.24) is 0 Å². The number of hydrogen-bond acceptors (Lipinski definition) is 1. The molecule has 1 aromatic rings. The summed E-state index contributed by atoms with van der Waals surface area (Å²) < 4.78 is 12.1. The van der Waals surface area contributed by atoms with Crippen molar-refractivity contribution >= 4 is 0 Å². The van der Waals surface area contributed by atoms with Gasteiger partial charge in [-0.05, 0) is 25.0 Å². The first kappa shape index (κ1) is 9.20. The van der Waals surface area contributed by atoms with Gasteiger partial charge in [0, 0.05) is 0 Å². The summed E-state index contributed by atoms with van der Waals surface area (Å²) in [5.41, 5.74) is 2.76. The van der Waals surface area contributed by atoms with Crippen LogP contribution in [0, 0.1) is 13.8 Å². The number of rotatable bonds is 2. The van der Waals surface area contributed by atoms with E-state index in [9.17, 15) is 9.50 Å². The molecule has 66 valence electrons. The smallest absolute Gasteiger partial charge is 0.119 e. The summed E-state index contributed by atoms with van der Waals surface area (Å²) in [5, 5.41) is 9.23. The summed E-state index contributed by atoms with van der Waals surface area (Å²) in [6.07, 6.45) is -0.967. The van der Waals surface area contributed by atoms with Crippen LogP contribution in [-0.4, -0.2) is 11.8 Å². The van der Waals surface area contributed by atoms with Gasteiger partial charge in [0.1, 0.15) is 12.8 Å². The lowest BCUT2D eigenvalue weighted by Gasteiger charge is -2.10. The van der Waals surface area contributed by atoms with E-state index in [0.29, 0.717) is 5.56 Å². The van der Waals surface area contributed by atoms with Gasteiger partial charge in [0.15, 0.2) is 0 Å². The van der Waals surface area contributed by atoms with Crippen LogP contribution in [0.15, 0.2) is 18.2 Å². The fraction of sp³-hybridized carbons (Fsp3) is 0.400. The zero-order valence-corrected chi connectivity index (χ0v) is 7.34. The van der Waals surface area contributed by atoms with E-state index in [0.717, 1.165) is 11.1 Å². The van der Waals surface area contributed by atoms with Crippen molar-refractivity contribution in [3.05, 3.63) is 34.9 Å². The van der Waals surface area contributed by atoms with Gasteiger partial charge in [-0.1, -0.05) is 23.8 Å². The van der Waals surface area contributed by atoms with Gasteiger partial charge in [-0.15, -0.1) is 0 Å². The summed E-state index contributed by atoms with van der Waals surface area (Å²) in [7, 11) is 0. The number of benzene rings is 1. The predicted molar refractivity (Wildman–Crippen MR) is 46.9 cm³/mol. The Kier molecular flexibility index (Phi) is 2.82. The van der Waals surface area contributed by atoms with E-state index in [1.54, 1.807) is 6.07 Å². The van der Waals surface area contributed by atoms with E-state index in [1.165, 1.54) is 0 Å². The van der Waals surface area contributed by atoms with Crippen LogP contribution in [0.5, 0.6) is 0 Å². The first-order chi connectivity index (χ1) is 5.65. The molecular weight excluding hydrogens is 155 g/mol. The van der Waals surface area contributed by atoms with Gasteiger partial charge >= 0.3 is 0 Å². The van der Waals surface area contributed by atoms with Crippen molar-refractivity contribution in [2.45, 2.75) is 20.0 Å². The Morgan fingerprint density at radius 3 is 2.58 bits per heavy atom. The summed E-state index contributed by atoms with van der Waals surface area (Å²) in [6.45, 7) is 3.13. The molecule has 1 unspecified atom stereocenters. The molecule has 2 heteroatoms. The topological polar surface area (TPSA) is 20.2 Å². The zero-order chi connectivity index (χ0) is 9.14. The highest BCUT2D eigenvalue weighted by atomic mass is 19.1. The second-order valence-corrected chi connectivity index (χ2v) is 3.03. The van der Waals surface area contributed by atoms with Gasteiger partial charge in [-0.3, -0.25) is 0 Å². The molecule has 1 atom stereocenters. The number of hydrogen-bond donors (Lipinski definition) is 1. The summed E-state index contributed by atoms with van der Waals surface area (Å²) >= 11 is 0. The van der Waals surface area contributed by atoms with Crippen molar-refractivity contribution in [2.24, 2.45) is 0 Å². The van der Waals surface area contributed by atoms with Gasteiger partial charge < -0.3 is 5.11 Å². The molecule has 1 aromatic carbocycles. The molecule has 0 bridgehead atoms. The Bertz CT molecular complexity index is 271. The second-order valence-electron chi connectivity index (χ2n) is 3.03. The molecule has 0 aromatic heterocycles. The molecule has 0 heterocycles. The minimum atomic E-state index is -0.967. The fourth-order valence-electron chi connectivity index (χ4n) is 1.28. The highest BCUT2D eigenvalue weighted by Crippen LogP contribution is 2.18. The number of halogens is 1. The molecule has 1 nitrogen and oxygen atoms in total. The highest BCUT2D eigenvalue weighted by Gasteiger charge is 2.08. The van der Waals surface area contributed by atoms with Crippen molar-refractivity contribution < 1.29 is 9.50 Å². The SMILES string of the molecule is Cc1ccc(C(O)CF)c(C)c1. The Labute approximate surface area is 71.9 Å². The van der Waals surface area contributed by atoms with E-state index in [2.05, 4.69) is 0 Å². The molecule has 0 radical (unpaired) electrons. The van der Waals surface area contributed by atoms with Crippen LogP contribution in [0.2, 0.25) is 0 Å². The summed E-state index contributed by atoms with van der Waals surface area (Å²) in [5.74, 6) is 0. The van der Waals surface area contributed by atoms with Crippen molar-refractivity contribution in [1.29, 1.82) is 0 Å². The molecule has 0 aliphatic carbocycles. The Morgan fingerprint density at radius 2 is 2.08 bits per heavy atom. The molecule has 0 spiro atoms. The number of alkyl halides is 1. The maximum absolute atomic E-state index is 12.1. The average Bonchev–Trinajstić information content (AvgIpc) is 2.03. The average molecular weight is 168 g/mol. The molecule has 0 saturated carbocycles. The molecule has 1 rings (SSSR count). The lowest BCUT2D eigenvalue weighted by atomic mass is 10.0. The largest absolute Gasteiger partial charge is 0.386 e. The lowest BCUT2D eigenvalue weighted by Crippen LogP contribution is -2.01. The third kappa shape index (κ3) is 1.83. The molecule has 0 fully saturated rings. The lowest BCUT2D eigenvalue weighted by molar-refractivity contribution is 0.141. The van der Waals surface area contributed by atoms with Crippen LogP contribution >= 0.6 is 0 Å². The van der Waals surface area contributed by atoms with Crippen molar-refractivity contribution in [3.8, 4) is 0 Å². The third-order valence-corrected chi connectivity index (χ3v) is 1.93. The number of aliphatic hydroxyl groups excluding tert-OH is 1. The zero-order valence-electron chi connectivity index (χ0n) is 7.34. The monoisotopic (exact) mass is 168 g/mol. The quantitative estimate of drug-likeness (QED) is 0.718. The van der Waals surface area contributed by atoms with Crippen LogP contribution in [0.25, 0.3) is 0 Å². The van der Waals surface area contributed by atoms with Crippen LogP contribution in [0.3, 0.4) is 0 Å². The normalized spacial score (nSPS) is 13.0. The number of aliphatic hydroxyl groups is 1. The minimum absolute atomic E-state index is 0.683. The predicted octanol–water partition coefficient (Wildman–Crippen LogP) is 2.31. The van der Waals surface area contributed by atoms with Crippen molar-refractivity contribution in [2.75, 3.05) is 6.67 Å². The molecule has 12 heavy (non-hydrogen) atoms. The van der Waals surface area contributed by atoms with Crippen LogP contribution in [-0.2, 0) is 0 Å². The minimum Gasteiger partial charge on any atom is -0.386 e. The van der Waals surface area contributed by atoms with Gasteiger partial charge in [0.25, 0.3) is 0 Å². The van der Waals surface area contributed by atoms with Crippen LogP contribution in [0.4, 0.5) is 4.39 Å². The molecular formula is C10H13FO. The standard InChI is InChI=1S/C10H13FO/c1-7-3-4-9(8(2)5-7)10(12)6-11/h3-5,10,12H,6H2,1-2H3. The Hall–Kier alpha value is -0.890. The molecule has 0 amide bonds. The van der Waals surface area contributed by atoms with Crippen molar-refractivity contribution in [3.63, 3.8) is 0 Å². The second kappa shape index (κ2) is 3.68. The fourth-order valence-corrected chi connectivity index (χ4v) is 1.28. The number of aryl methyl sites for hydroxylation is 2. The summed E-state index contributed by atoms with van der Waals surface area (Å²) in [6, 6.07) is 5.59. The third-order valence-electron chi connectivity index (χ3n) is 1.93. The molecule has 0 aliphatic rings. The van der Waals surface area contributed by atoms with E-state index >= 15 is 0 Å². The van der Waals surface area contributed by atoms with Gasteiger partial charge in [0.05, 0.1) is 0 Å². The highest BCUT2D eigenvalue weighted by molar-refractivity contribution is 5.31. The van der Waals surface area contributed by atoms with E-state index in [1.807, 2.05) is 26.0 Å². The van der Waals surface area contributed by atoms with Gasteiger partial charge in [0.2, 0.25) is 0 Å². The Balaban J connectivity index is 3.01. The van der Waals surface area contributed by atoms with Gasteiger partial charge in [-0.2, -0.15) is 0 Å². The molecule has 1 N–H and O–H groups in total. The Morgan fingerprint density at radius 1 is 1.42 bits per heavy atom. The molecule has 0 saturated heterocycles. The maximum Gasteiger partial charge on any atom is 0.119 e.